The lowest BCUT2D eigenvalue weighted by Crippen LogP contribution is -2.47. The molecule has 3 amide bonds. The van der Waals surface area contributed by atoms with Gasteiger partial charge in [0.1, 0.15) is 0 Å². The lowest BCUT2D eigenvalue weighted by atomic mass is 10.2. The molecule has 102 valence electrons. The van der Waals surface area contributed by atoms with Crippen molar-refractivity contribution < 1.29 is 24.2 Å². The molecular weight excluding hydrogens is 240 g/mol. The summed E-state index contributed by atoms with van der Waals surface area (Å²) in [6, 6.07) is -0.401. The fraction of sp³-hybridized carbons (Fsp3) is 0.727. The molecule has 0 aromatic carbocycles. The van der Waals surface area contributed by atoms with E-state index in [1.807, 2.05) is 0 Å². The molecule has 0 aliphatic carbocycles. The van der Waals surface area contributed by atoms with E-state index in [-0.39, 0.29) is 18.7 Å². The second-order valence-corrected chi connectivity index (χ2v) is 4.05. The number of rotatable bonds is 5. The average Bonchev–Trinajstić information content (AvgIpc) is 2.35. The molecule has 18 heavy (non-hydrogen) atoms. The molecule has 0 unspecified atom stereocenters. The molecule has 0 radical (unpaired) electrons. The molecule has 1 saturated heterocycles. The molecule has 0 aromatic rings. The molecule has 0 saturated carbocycles. The van der Waals surface area contributed by atoms with Crippen molar-refractivity contribution >= 4 is 17.9 Å². The van der Waals surface area contributed by atoms with Crippen LogP contribution < -0.4 is 5.32 Å². The summed E-state index contributed by atoms with van der Waals surface area (Å²) in [5.74, 6) is -1.24. The number of hydrogen-bond donors (Lipinski definition) is 2. The highest BCUT2D eigenvalue weighted by Gasteiger charge is 2.18. The summed E-state index contributed by atoms with van der Waals surface area (Å²) in [5.41, 5.74) is 0. The van der Waals surface area contributed by atoms with Crippen LogP contribution in [0.2, 0.25) is 0 Å². The predicted molar refractivity (Wildman–Crippen MR) is 62.0 cm³/mol. The number of imide groups is 1. The van der Waals surface area contributed by atoms with E-state index in [1.54, 1.807) is 0 Å². The highest BCUT2D eigenvalue weighted by Crippen LogP contribution is 2.01. The van der Waals surface area contributed by atoms with Gasteiger partial charge in [0, 0.05) is 25.9 Å². The first-order valence-electron chi connectivity index (χ1n) is 5.98. The monoisotopic (exact) mass is 258 g/mol. The van der Waals surface area contributed by atoms with Gasteiger partial charge in [0.05, 0.1) is 13.2 Å². The summed E-state index contributed by atoms with van der Waals surface area (Å²) in [5, 5.41) is 10.7. The van der Waals surface area contributed by atoms with Crippen LogP contribution in [0.4, 0.5) is 4.79 Å². The average molecular weight is 258 g/mol. The lowest BCUT2D eigenvalue weighted by Gasteiger charge is -2.26. The zero-order valence-corrected chi connectivity index (χ0v) is 10.2. The molecule has 1 heterocycles. The van der Waals surface area contributed by atoms with Gasteiger partial charge in [-0.3, -0.25) is 14.9 Å². The number of unbranched alkanes of at least 4 members (excludes halogenated alkanes) is 1. The first-order chi connectivity index (χ1) is 8.59. The Morgan fingerprint density at radius 1 is 1.11 bits per heavy atom. The summed E-state index contributed by atoms with van der Waals surface area (Å²) < 4.78 is 5.09. The first-order valence-corrected chi connectivity index (χ1v) is 5.98. The number of urea groups is 1. The van der Waals surface area contributed by atoms with E-state index >= 15 is 0 Å². The van der Waals surface area contributed by atoms with Gasteiger partial charge >= 0.3 is 12.0 Å². The number of ether oxygens (including phenoxy) is 1. The molecule has 1 aliphatic rings. The molecule has 0 spiro atoms. The molecule has 7 heteroatoms. The molecule has 1 fully saturated rings. The molecule has 0 bridgehead atoms. The number of carbonyl (C=O) groups is 3. The predicted octanol–water partition coefficient (Wildman–Crippen LogP) is 0.200. The third-order valence-electron chi connectivity index (χ3n) is 2.59. The van der Waals surface area contributed by atoms with Crippen molar-refractivity contribution in [3.63, 3.8) is 0 Å². The van der Waals surface area contributed by atoms with Crippen molar-refractivity contribution in [2.75, 3.05) is 26.3 Å². The molecule has 0 atom stereocenters. The number of amides is 3. The van der Waals surface area contributed by atoms with E-state index in [1.165, 1.54) is 4.90 Å². The Balaban J connectivity index is 2.14. The van der Waals surface area contributed by atoms with Crippen molar-refractivity contribution in [2.45, 2.75) is 25.7 Å². The van der Waals surface area contributed by atoms with Gasteiger partial charge in [0.25, 0.3) is 0 Å². The molecule has 7 nitrogen and oxygen atoms in total. The minimum absolute atomic E-state index is 0.0463. The Morgan fingerprint density at radius 2 is 1.72 bits per heavy atom. The molecule has 2 N–H and O–H groups in total. The van der Waals surface area contributed by atoms with Crippen molar-refractivity contribution in [2.24, 2.45) is 0 Å². The number of carboxylic acid groups (broad SMARTS) is 1. The molecule has 1 rings (SSSR count). The normalized spacial score (nSPS) is 15.2. The Bertz CT molecular complexity index is 313. The summed E-state index contributed by atoms with van der Waals surface area (Å²) in [6.45, 7) is 1.94. The molecule has 0 aromatic heterocycles. The number of hydrogen-bond acceptors (Lipinski definition) is 4. The fourth-order valence-electron chi connectivity index (χ4n) is 1.59. The minimum atomic E-state index is -0.875. The van der Waals surface area contributed by atoms with Crippen LogP contribution in [0.1, 0.15) is 25.7 Å². The van der Waals surface area contributed by atoms with E-state index in [9.17, 15) is 14.4 Å². The summed E-state index contributed by atoms with van der Waals surface area (Å²) in [7, 11) is 0. The maximum absolute atomic E-state index is 11.6. The number of nitrogens with zero attached hydrogens (tertiary/aromatic N) is 1. The Hall–Kier alpha value is -1.63. The van der Waals surface area contributed by atoms with Crippen LogP contribution in [-0.2, 0) is 14.3 Å². The summed E-state index contributed by atoms with van der Waals surface area (Å²) in [4.78, 5) is 34.8. The van der Waals surface area contributed by atoms with Crippen LogP contribution in [0.15, 0.2) is 0 Å². The van der Waals surface area contributed by atoms with Gasteiger partial charge in [-0.15, -0.1) is 0 Å². The smallest absolute Gasteiger partial charge is 0.324 e. The Kier molecular flexibility index (Phi) is 6.13. The zero-order chi connectivity index (χ0) is 13.4. The SMILES string of the molecule is O=C(O)CCCCC(=O)NC(=O)N1CCOCC1. The van der Waals surface area contributed by atoms with Crippen LogP contribution >= 0.6 is 0 Å². The standard InChI is InChI=1S/C11H18N2O5/c14-9(3-1-2-4-10(15)16)12-11(17)13-5-7-18-8-6-13/h1-8H2,(H,15,16)(H,12,14,17). The van der Waals surface area contributed by atoms with Gasteiger partial charge in [-0.05, 0) is 12.8 Å². The largest absolute Gasteiger partial charge is 0.481 e. The highest BCUT2D eigenvalue weighted by molar-refractivity contribution is 5.94. The van der Waals surface area contributed by atoms with Gasteiger partial charge in [0.2, 0.25) is 5.91 Å². The molecular formula is C11H18N2O5. The van der Waals surface area contributed by atoms with Crippen molar-refractivity contribution in [1.29, 1.82) is 0 Å². The quantitative estimate of drug-likeness (QED) is 0.687. The van der Waals surface area contributed by atoms with E-state index in [0.29, 0.717) is 39.1 Å². The fourth-order valence-corrected chi connectivity index (χ4v) is 1.59. The van der Waals surface area contributed by atoms with Crippen LogP contribution in [0.25, 0.3) is 0 Å². The number of morpholine rings is 1. The maximum atomic E-state index is 11.6. The van der Waals surface area contributed by atoms with Crippen molar-refractivity contribution in [3.8, 4) is 0 Å². The lowest BCUT2D eigenvalue weighted by molar-refractivity contribution is -0.137. The second-order valence-electron chi connectivity index (χ2n) is 4.05. The minimum Gasteiger partial charge on any atom is -0.481 e. The van der Waals surface area contributed by atoms with Gasteiger partial charge < -0.3 is 14.7 Å². The summed E-state index contributed by atoms with van der Waals surface area (Å²) in [6.07, 6.45) is 1.12. The number of aliphatic carboxylic acids is 1. The van der Waals surface area contributed by atoms with E-state index in [2.05, 4.69) is 5.32 Å². The van der Waals surface area contributed by atoms with Crippen LogP contribution in [0, 0.1) is 0 Å². The van der Waals surface area contributed by atoms with Gasteiger partial charge in [-0.1, -0.05) is 0 Å². The van der Waals surface area contributed by atoms with Crippen molar-refractivity contribution in [1.82, 2.24) is 10.2 Å². The Morgan fingerprint density at radius 3 is 2.33 bits per heavy atom. The zero-order valence-electron chi connectivity index (χ0n) is 10.2. The van der Waals surface area contributed by atoms with E-state index in [4.69, 9.17) is 9.84 Å². The topological polar surface area (TPSA) is 95.9 Å². The van der Waals surface area contributed by atoms with Crippen LogP contribution in [0.5, 0.6) is 0 Å². The van der Waals surface area contributed by atoms with Gasteiger partial charge in [0.15, 0.2) is 0 Å². The van der Waals surface area contributed by atoms with Crippen LogP contribution in [0.3, 0.4) is 0 Å². The third-order valence-corrected chi connectivity index (χ3v) is 2.59. The number of carboxylic acids is 1. The number of nitrogens with one attached hydrogen (secondary N) is 1. The van der Waals surface area contributed by atoms with Crippen LogP contribution in [-0.4, -0.2) is 54.2 Å². The second kappa shape index (κ2) is 7.65. The van der Waals surface area contributed by atoms with Gasteiger partial charge in [-0.25, -0.2) is 4.79 Å². The summed E-state index contributed by atoms with van der Waals surface area (Å²) >= 11 is 0. The van der Waals surface area contributed by atoms with Crippen molar-refractivity contribution in [3.05, 3.63) is 0 Å². The first kappa shape index (κ1) is 14.4. The Labute approximate surface area is 105 Å². The highest BCUT2D eigenvalue weighted by atomic mass is 16.5. The molecule has 1 aliphatic heterocycles. The third kappa shape index (κ3) is 5.62. The van der Waals surface area contributed by atoms with Gasteiger partial charge in [-0.2, -0.15) is 0 Å². The van der Waals surface area contributed by atoms with E-state index in [0.717, 1.165) is 0 Å². The number of carbonyl (C=O) groups excluding carboxylic acids is 2. The maximum Gasteiger partial charge on any atom is 0.324 e. The van der Waals surface area contributed by atoms with E-state index < -0.39 is 12.0 Å².